The molecule has 4 heteroatoms. The molecule has 0 fully saturated rings. The van der Waals surface area contributed by atoms with Crippen molar-refractivity contribution >= 4 is 6.29 Å². The summed E-state index contributed by atoms with van der Waals surface area (Å²) in [6.45, 7) is 1.43. The van der Waals surface area contributed by atoms with Crippen LogP contribution in [-0.2, 0) is 6.42 Å². The van der Waals surface area contributed by atoms with Crippen LogP contribution in [0.3, 0.4) is 0 Å². The van der Waals surface area contributed by atoms with E-state index in [1.807, 2.05) is 0 Å². The monoisotopic (exact) mass is 313 g/mol. The van der Waals surface area contributed by atoms with Crippen LogP contribution in [0, 0.1) is 24.7 Å². The Balaban J connectivity index is 2.93. The summed E-state index contributed by atoms with van der Waals surface area (Å²) in [6.07, 6.45) is 14.6. The molecule has 0 aromatic heterocycles. The van der Waals surface area contributed by atoms with Crippen molar-refractivity contribution in [1.29, 1.82) is 0 Å². The van der Waals surface area contributed by atoms with E-state index in [-0.39, 0.29) is 0 Å². The molecule has 122 valence electrons. The number of rotatable bonds is 11. The number of terminal acetylenes is 2. The predicted octanol–water partition coefficient (Wildman–Crippen LogP) is 2.58. The lowest BCUT2D eigenvalue weighted by Crippen LogP contribution is -2.10. The van der Waals surface area contributed by atoms with E-state index in [0.29, 0.717) is 56.1 Å². The van der Waals surface area contributed by atoms with Gasteiger partial charge < -0.3 is 15.2 Å². The molecule has 1 rings (SSSR count). The van der Waals surface area contributed by atoms with E-state index in [1.54, 1.807) is 12.1 Å². The van der Waals surface area contributed by atoms with Gasteiger partial charge >= 0.3 is 0 Å². The molecule has 1 aromatic rings. The molecule has 0 bridgehead atoms. The molecule has 0 aliphatic carbocycles. The lowest BCUT2D eigenvalue weighted by Gasteiger charge is -2.17. The standard InChI is InChI=1S/C19H23NO3/c1-3-5-7-11-22-18-13-16(15-21)14-19(17(18)9-10-20)23-12-8-6-4-2/h1-2,13-15H,5-12,20H2. The molecule has 0 unspecified atom stereocenters. The molecule has 0 spiro atoms. The SMILES string of the molecule is C#CCCCOc1cc(C=O)cc(OCCCC#C)c1CCN. The quantitative estimate of drug-likeness (QED) is 0.387. The lowest BCUT2D eigenvalue weighted by molar-refractivity contribution is 0.112. The molecule has 23 heavy (non-hydrogen) atoms. The third kappa shape index (κ3) is 6.46. The average molecular weight is 313 g/mol. The van der Waals surface area contributed by atoms with Gasteiger partial charge in [0.05, 0.1) is 13.2 Å². The Morgan fingerprint density at radius 1 is 1.04 bits per heavy atom. The van der Waals surface area contributed by atoms with Gasteiger partial charge in [-0.1, -0.05) is 0 Å². The number of unbranched alkanes of at least 4 members (excludes halogenated alkanes) is 2. The van der Waals surface area contributed by atoms with Gasteiger partial charge in [0.1, 0.15) is 17.8 Å². The van der Waals surface area contributed by atoms with E-state index in [1.165, 1.54) is 0 Å². The Kier molecular flexibility index (Phi) is 9.05. The highest BCUT2D eigenvalue weighted by atomic mass is 16.5. The first-order valence-corrected chi connectivity index (χ1v) is 7.71. The first-order chi connectivity index (χ1) is 11.3. The number of hydrogen-bond donors (Lipinski definition) is 1. The fourth-order valence-corrected chi connectivity index (χ4v) is 2.07. The minimum absolute atomic E-state index is 0.460. The molecule has 2 N–H and O–H groups in total. The molecule has 0 aliphatic rings. The van der Waals surface area contributed by atoms with Gasteiger partial charge in [0.25, 0.3) is 0 Å². The Morgan fingerprint density at radius 2 is 1.57 bits per heavy atom. The molecular weight excluding hydrogens is 290 g/mol. The fraction of sp³-hybridized carbons (Fsp3) is 0.421. The minimum atomic E-state index is 0.460. The van der Waals surface area contributed by atoms with Crippen LogP contribution < -0.4 is 15.2 Å². The summed E-state index contributed by atoms with van der Waals surface area (Å²) in [5.74, 6) is 6.40. The van der Waals surface area contributed by atoms with Crippen molar-refractivity contribution in [3.8, 4) is 36.2 Å². The Bertz CT molecular complexity index is 538. The third-order valence-corrected chi connectivity index (χ3v) is 3.17. The van der Waals surface area contributed by atoms with Gasteiger partial charge in [0.15, 0.2) is 0 Å². The number of ether oxygens (including phenoxy) is 2. The average Bonchev–Trinajstić information content (AvgIpc) is 2.57. The highest BCUT2D eigenvalue weighted by Gasteiger charge is 2.13. The molecule has 0 atom stereocenters. The lowest BCUT2D eigenvalue weighted by atomic mass is 10.1. The highest BCUT2D eigenvalue weighted by Crippen LogP contribution is 2.31. The molecule has 0 saturated heterocycles. The number of carbonyl (C=O) groups excluding carboxylic acids is 1. The highest BCUT2D eigenvalue weighted by molar-refractivity contribution is 5.77. The van der Waals surface area contributed by atoms with Crippen molar-refractivity contribution in [2.75, 3.05) is 19.8 Å². The van der Waals surface area contributed by atoms with Gasteiger partial charge in [-0.25, -0.2) is 0 Å². The summed E-state index contributed by atoms with van der Waals surface area (Å²) in [6, 6.07) is 3.42. The van der Waals surface area contributed by atoms with Crippen molar-refractivity contribution < 1.29 is 14.3 Å². The normalized spacial score (nSPS) is 9.70. The molecular formula is C19H23NO3. The van der Waals surface area contributed by atoms with Crippen molar-refractivity contribution in [3.63, 3.8) is 0 Å². The largest absolute Gasteiger partial charge is 0.493 e. The summed E-state index contributed by atoms with van der Waals surface area (Å²) >= 11 is 0. The second-order valence-corrected chi connectivity index (χ2v) is 4.96. The van der Waals surface area contributed by atoms with E-state index in [0.717, 1.165) is 24.7 Å². The van der Waals surface area contributed by atoms with Gasteiger partial charge in [0, 0.05) is 24.0 Å². The minimum Gasteiger partial charge on any atom is -0.493 e. The second-order valence-electron chi connectivity index (χ2n) is 4.96. The van der Waals surface area contributed by atoms with Crippen LogP contribution in [0.4, 0.5) is 0 Å². The van der Waals surface area contributed by atoms with E-state index in [9.17, 15) is 4.79 Å². The molecule has 0 amide bonds. The number of benzene rings is 1. The fourth-order valence-electron chi connectivity index (χ4n) is 2.07. The summed E-state index contributed by atoms with van der Waals surface area (Å²) in [5, 5.41) is 0. The van der Waals surface area contributed by atoms with Gasteiger partial charge in [-0.2, -0.15) is 0 Å². The summed E-state index contributed by atoms with van der Waals surface area (Å²) < 4.78 is 11.6. The van der Waals surface area contributed by atoms with E-state index < -0.39 is 0 Å². The predicted molar refractivity (Wildman–Crippen MR) is 91.7 cm³/mol. The maximum absolute atomic E-state index is 11.1. The van der Waals surface area contributed by atoms with Crippen molar-refractivity contribution in [2.45, 2.75) is 32.1 Å². The summed E-state index contributed by atoms with van der Waals surface area (Å²) in [4.78, 5) is 11.1. The van der Waals surface area contributed by atoms with Gasteiger partial charge in [-0.3, -0.25) is 4.79 Å². The molecule has 0 radical (unpaired) electrons. The molecule has 0 aliphatic heterocycles. The second kappa shape index (κ2) is 11.2. The van der Waals surface area contributed by atoms with Crippen LogP contribution in [0.2, 0.25) is 0 Å². The van der Waals surface area contributed by atoms with Crippen LogP contribution in [-0.4, -0.2) is 26.0 Å². The molecule has 0 saturated carbocycles. The van der Waals surface area contributed by atoms with Crippen molar-refractivity contribution in [1.82, 2.24) is 0 Å². The Hall–Kier alpha value is -2.43. The zero-order chi connectivity index (χ0) is 16.9. The molecule has 0 heterocycles. The van der Waals surface area contributed by atoms with Crippen molar-refractivity contribution in [2.24, 2.45) is 5.73 Å². The van der Waals surface area contributed by atoms with Gasteiger partial charge in [-0.05, 0) is 37.9 Å². The number of aldehydes is 1. The van der Waals surface area contributed by atoms with Gasteiger partial charge in [-0.15, -0.1) is 24.7 Å². The van der Waals surface area contributed by atoms with Crippen molar-refractivity contribution in [3.05, 3.63) is 23.3 Å². The van der Waals surface area contributed by atoms with Gasteiger partial charge in [0.2, 0.25) is 0 Å². The molecule has 4 nitrogen and oxygen atoms in total. The maximum Gasteiger partial charge on any atom is 0.150 e. The van der Waals surface area contributed by atoms with Crippen LogP contribution in [0.15, 0.2) is 12.1 Å². The number of hydrogen-bond acceptors (Lipinski definition) is 4. The van der Waals surface area contributed by atoms with Crippen LogP contribution in [0.1, 0.15) is 41.6 Å². The Morgan fingerprint density at radius 3 is 1.96 bits per heavy atom. The topological polar surface area (TPSA) is 61.5 Å². The third-order valence-electron chi connectivity index (χ3n) is 3.17. The van der Waals surface area contributed by atoms with Crippen LogP contribution >= 0.6 is 0 Å². The molecule has 1 aromatic carbocycles. The smallest absolute Gasteiger partial charge is 0.150 e. The zero-order valence-electron chi connectivity index (χ0n) is 13.3. The Labute approximate surface area is 138 Å². The van der Waals surface area contributed by atoms with Crippen LogP contribution in [0.25, 0.3) is 0 Å². The number of carbonyl (C=O) groups is 1. The van der Waals surface area contributed by atoms with E-state index >= 15 is 0 Å². The first-order valence-electron chi connectivity index (χ1n) is 7.71. The first kappa shape index (κ1) is 18.6. The van der Waals surface area contributed by atoms with E-state index in [4.69, 9.17) is 28.1 Å². The summed E-state index contributed by atoms with van der Waals surface area (Å²) in [5.41, 5.74) is 7.07. The van der Waals surface area contributed by atoms with E-state index in [2.05, 4.69) is 11.8 Å². The van der Waals surface area contributed by atoms with Crippen LogP contribution in [0.5, 0.6) is 11.5 Å². The zero-order valence-corrected chi connectivity index (χ0v) is 13.3. The number of nitrogens with two attached hydrogens (primary N) is 1. The maximum atomic E-state index is 11.1. The summed E-state index contributed by atoms with van der Waals surface area (Å²) in [7, 11) is 0.